The van der Waals surface area contributed by atoms with Gasteiger partial charge in [-0.1, -0.05) is 24.3 Å². The Hall–Kier alpha value is -2.14. The molecule has 25 heavy (non-hydrogen) atoms. The first-order valence-electron chi connectivity index (χ1n) is 9.22. The highest BCUT2D eigenvalue weighted by Crippen LogP contribution is 2.25. The molecule has 1 aromatic carbocycles. The lowest BCUT2D eigenvalue weighted by Crippen LogP contribution is -2.53. The zero-order valence-corrected chi connectivity index (χ0v) is 15.1. The fourth-order valence-electron chi connectivity index (χ4n) is 4.26. The molecule has 1 aliphatic heterocycles. The maximum absolute atomic E-state index is 12.7. The molecule has 5 heteroatoms. The predicted molar refractivity (Wildman–Crippen MR) is 97.7 cm³/mol. The van der Waals surface area contributed by atoms with E-state index < -0.39 is 0 Å². The Morgan fingerprint density at radius 3 is 2.52 bits per heavy atom. The van der Waals surface area contributed by atoms with Crippen LogP contribution in [-0.4, -0.2) is 57.7 Å². The summed E-state index contributed by atoms with van der Waals surface area (Å²) in [5.41, 5.74) is 4.57. The molecule has 4 rings (SSSR count). The topological polar surface area (TPSA) is 41.4 Å². The quantitative estimate of drug-likeness (QED) is 0.841. The van der Waals surface area contributed by atoms with Gasteiger partial charge in [0.25, 0.3) is 5.91 Å². The Morgan fingerprint density at radius 1 is 1.12 bits per heavy atom. The number of rotatable bonds is 2. The van der Waals surface area contributed by atoms with Crippen molar-refractivity contribution in [2.45, 2.75) is 32.2 Å². The molecule has 1 saturated heterocycles. The molecule has 1 unspecified atom stereocenters. The van der Waals surface area contributed by atoms with Crippen molar-refractivity contribution in [2.24, 2.45) is 7.05 Å². The highest BCUT2D eigenvalue weighted by molar-refractivity contribution is 5.95. The molecule has 1 atom stereocenters. The summed E-state index contributed by atoms with van der Waals surface area (Å²) in [5, 5.41) is 4.30. The van der Waals surface area contributed by atoms with E-state index in [4.69, 9.17) is 0 Å². The maximum atomic E-state index is 12.7. The molecule has 0 spiro atoms. The van der Waals surface area contributed by atoms with Crippen molar-refractivity contribution in [3.05, 3.63) is 52.8 Å². The van der Waals surface area contributed by atoms with E-state index in [2.05, 4.69) is 34.3 Å². The summed E-state index contributed by atoms with van der Waals surface area (Å²) >= 11 is 0. The normalized spacial score (nSPS) is 21.2. The van der Waals surface area contributed by atoms with E-state index in [1.54, 1.807) is 4.68 Å². The van der Waals surface area contributed by atoms with Crippen molar-refractivity contribution < 1.29 is 4.79 Å². The van der Waals surface area contributed by atoms with Gasteiger partial charge in [-0.25, -0.2) is 0 Å². The molecular formula is C20H26N4O. The molecule has 1 fully saturated rings. The van der Waals surface area contributed by atoms with Crippen LogP contribution in [0.1, 0.15) is 33.6 Å². The summed E-state index contributed by atoms with van der Waals surface area (Å²) in [4.78, 5) is 17.3. The Kier molecular flexibility index (Phi) is 4.34. The number of fused-ring (bicyclic) bond motifs is 1. The number of benzene rings is 1. The van der Waals surface area contributed by atoms with Crippen LogP contribution in [0.15, 0.2) is 30.5 Å². The second-order valence-corrected chi connectivity index (χ2v) is 7.30. The van der Waals surface area contributed by atoms with Gasteiger partial charge in [0, 0.05) is 45.5 Å². The number of nitrogens with zero attached hydrogens (tertiary/aromatic N) is 4. The third-order valence-corrected chi connectivity index (χ3v) is 5.68. The first kappa shape index (κ1) is 16.3. The van der Waals surface area contributed by atoms with E-state index in [1.165, 1.54) is 24.0 Å². The minimum Gasteiger partial charge on any atom is -0.336 e. The van der Waals surface area contributed by atoms with Gasteiger partial charge in [0.15, 0.2) is 0 Å². The summed E-state index contributed by atoms with van der Waals surface area (Å²) < 4.78 is 1.72. The number of hydrogen-bond donors (Lipinski definition) is 0. The molecule has 0 bridgehead atoms. The van der Waals surface area contributed by atoms with Crippen molar-refractivity contribution in [3.8, 4) is 0 Å². The van der Waals surface area contributed by atoms with Crippen molar-refractivity contribution >= 4 is 5.91 Å². The van der Waals surface area contributed by atoms with E-state index in [1.807, 2.05) is 25.1 Å². The zero-order valence-electron chi connectivity index (χ0n) is 15.1. The molecule has 1 amide bonds. The number of carbonyl (C=O) groups excluding carboxylic acids is 1. The minimum absolute atomic E-state index is 0.124. The van der Waals surface area contributed by atoms with Gasteiger partial charge in [0.05, 0.1) is 11.3 Å². The average molecular weight is 338 g/mol. The smallest absolute Gasteiger partial charge is 0.257 e. The maximum Gasteiger partial charge on any atom is 0.257 e. The number of piperazine rings is 1. The van der Waals surface area contributed by atoms with Crippen molar-refractivity contribution in [3.63, 3.8) is 0 Å². The number of hydrogen-bond acceptors (Lipinski definition) is 3. The van der Waals surface area contributed by atoms with Gasteiger partial charge in [-0.05, 0) is 37.3 Å². The molecule has 2 heterocycles. The van der Waals surface area contributed by atoms with Gasteiger partial charge < -0.3 is 4.90 Å². The van der Waals surface area contributed by atoms with Gasteiger partial charge in [0.1, 0.15) is 0 Å². The lowest BCUT2D eigenvalue weighted by Gasteiger charge is -2.41. The average Bonchev–Trinajstić information content (AvgIpc) is 2.99. The molecule has 132 valence electrons. The van der Waals surface area contributed by atoms with Crippen LogP contribution < -0.4 is 0 Å². The Balaban J connectivity index is 1.37. The van der Waals surface area contributed by atoms with Crippen molar-refractivity contribution in [2.75, 3.05) is 26.2 Å². The molecule has 2 aromatic rings. The first-order chi connectivity index (χ1) is 12.1. The number of amides is 1. The van der Waals surface area contributed by atoms with E-state index in [0.29, 0.717) is 6.04 Å². The van der Waals surface area contributed by atoms with Crippen LogP contribution >= 0.6 is 0 Å². The second kappa shape index (κ2) is 6.64. The van der Waals surface area contributed by atoms with E-state index >= 15 is 0 Å². The van der Waals surface area contributed by atoms with Gasteiger partial charge in [-0.2, -0.15) is 5.10 Å². The van der Waals surface area contributed by atoms with Crippen LogP contribution in [0.5, 0.6) is 0 Å². The van der Waals surface area contributed by atoms with Crippen LogP contribution in [0.2, 0.25) is 0 Å². The SMILES string of the molecule is Cc1nn(C)cc1C(=O)N1CCN(C2CCc3ccccc3C2)CC1. The van der Waals surface area contributed by atoms with Gasteiger partial charge in [-0.15, -0.1) is 0 Å². The summed E-state index contributed by atoms with van der Waals surface area (Å²) in [6, 6.07) is 9.44. The van der Waals surface area contributed by atoms with Gasteiger partial charge in [-0.3, -0.25) is 14.4 Å². The molecule has 0 N–H and O–H groups in total. The molecular weight excluding hydrogens is 312 g/mol. The molecule has 1 aliphatic carbocycles. The molecule has 2 aliphatic rings. The Bertz CT molecular complexity index is 774. The minimum atomic E-state index is 0.124. The third kappa shape index (κ3) is 3.21. The zero-order chi connectivity index (χ0) is 17.4. The van der Waals surface area contributed by atoms with Crippen molar-refractivity contribution in [1.82, 2.24) is 19.6 Å². The molecule has 0 saturated carbocycles. The van der Waals surface area contributed by atoms with E-state index in [-0.39, 0.29) is 5.91 Å². The summed E-state index contributed by atoms with van der Waals surface area (Å²) in [5.74, 6) is 0.124. The van der Waals surface area contributed by atoms with Crippen LogP contribution in [0.25, 0.3) is 0 Å². The number of aryl methyl sites for hydroxylation is 3. The summed E-state index contributed by atoms with van der Waals surface area (Å²) in [6.07, 6.45) is 5.38. The third-order valence-electron chi connectivity index (χ3n) is 5.68. The molecule has 5 nitrogen and oxygen atoms in total. The monoisotopic (exact) mass is 338 g/mol. The van der Waals surface area contributed by atoms with Crippen LogP contribution in [0, 0.1) is 6.92 Å². The Labute approximate surface area is 149 Å². The lowest BCUT2D eigenvalue weighted by atomic mass is 9.87. The summed E-state index contributed by atoms with van der Waals surface area (Å²) in [6.45, 7) is 5.47. The first-order valence-corrected chi connectivity index (χ1v) is 9.22. The fraction of sp³-hybridized carbons (Fsp3) is 0.500. The Morgan fingerprint density at radius 2 is 1.84 bits per heavy atom. The van der Waals surface area contributed by atoms with Crippen molar-refractivity contribution in [1.29, 1.82) is 0 Å². The summed E-state index contributed by atoms with van der Waals surface area (Å²) in [7, 11) is 1.86. The van der Waals surface area contributed by atoms with Crippen LogP contribution in [-0.2, 0) is 19.9 Å². The number of carbonyl (C=O) groups is 1. The van der Waals surface area contributed by atoms with Crippen LogP contribution in [0.4, 0.5) is 0 Å². The number of aromatic nitrogens is 2. The fourth-order valence-corrected chi connectivity index (χ4v) is 4.26. The molecule has 0 radical (unpaired) electrons. The standard InChI is InChI=1S/C20H26N4O/c1-15-19(14-22(2)21-15)20(25)24-11-9-23(10-12-24)18-8-7-16-5-3-4-6-17(16)13-18/h3-6,14,18H,7-13H2,1-2H3. The second-order valence-electron chi connectivity index (χ2n) is 7.30. The van der Waals surface area contributed by atoms with E-state index in [9.17, 15) is 4.79 Å². The van der Waals surface area contributed by atoms with Gasteiger partial charge in [0.2, 0.25) is 0 Å². The van der Waals surface area contributed by atoms with Crippen LogP contribution in [0.3, 0.4) is 0 Å². The lowest BCUT2D eigenvalue weighted by molar-refractivity contribution is 0.0552. The highest BCUT2D eigenvalue weighted by Gasteiger charge is 2.29. The van der Waals surface area contributed by atoms with E-state index in [0.717, 1.165) is 43.9 Å². The predicted octanol–water partition coefficient (Wildman–Crippen LogP) is 2.04. The largest absolute Gasteiger partial charge is 0.336 e. The van der Waals surface area contributed by atoms with Gasteiger partial charge >= 0.3 is 0 Å². The molecule has 1 aromatic heterocycles. The highest BCUT2D eigenvalue weighted by atomic mass is 16.2.